The minimum atomic E-state index is 0.125. The third-order valence-electron chi connectivity index (χ3n) is 4.45. The lowest BCUT2D eigenvalue weighted by molar-refractivity contribution is -0.0702. The fourth-order valence-corrected chi connectivity index (χ4v) is 3.16. The third-order valence-corrected chi connectivity index (χ3v) is 4.45. The maximum atomic E-state index is 12.5. The number of aromatic nitrogens is 1. The normalized spacial score (nSPS) is 31.2. The van der Waals surface area contributed by atoms with E-state index in [9.17, 15) is 4.79 Å². The average molecular weight is 260 g/mol. The molecular formula is C15H20N2O2. The first-order chi connectivity index (χ1) is 9.15. The second-order valence-electron chi connectivity index (χ2n) is 5.73. The van der Waals surface area contributed by atoms with E-state index in [0.29, 0.717) is 12.1 Å². The van der Waals surface area contributed by atoms with Crippen molar-refractivity contribution in [2.75, 3.05) is 20.3 Å². The zero-order valence-electron chi connectivity index (χ0n) is 11.5. The van der Waals surface area contributed by atoms with Gasteiger partial charge in [0.05, 0.1) is 13.2 Å². The second-order valence-corrected chi connectivity index (χ2v) is 5.73. The number of Topliss-reactive ketones (excluding diaryl/α,β-unsaturated/α-hetero) is 1. The van der Waals surface area contributed by atoms with Crippen molar-refractivity contribution < 1.29 is 9.53 Å². The standard InChI is InChI=1S/C15H20N2O2/c1-10-3-4-11(7-16-10)15(18)12-5-13-8-19-9-14(6-12)17(13)2/h3-4,7,12-14H,5-6,8-9H2,1-2H3. The Morgan fingerprint density at radius 1 is 1.32 bits per heavy atom. The predicted octanol–water partition coefficient (Wildman–Crippen LogP) is 1.68. The molecule has 3 rings (SSSR count). The number of carbonyl (C=O) groups is 1. The van der Waals surface area contributed by atoms with Gasteiger partial charge in [-0.3, -0.25) is 14.7 Å². The lowest BCUT2D eigenvalue weighted by atomic mass is 9.81. The highest BCUT2D eigenvalue weighted by atomic mass is 16.5. The summed E-state index contributed by atoms with van der Waals surface area (Å²) in [5, 5.41) is 0. The maximum Gasteiger partial charge on any atom is 0.167 e. The predicted molar refractivity (Wildman–Crippen MR) is 72.2 cm³/mol. The molecule has 3 heterocycles. The van der Waals surface area contributed by atoms with Gasteiger partial charge in [-0.2, -0.15) is 0 Å². The summed E-state index contributed by atoms with van der Waals surface area (Å²) < 4.78 is 5.59. The highest BCUT2D eigenvalue weighted by Gasteiger charge is 2.39. The minimum Gasteiger partial charge on any atom is -0.378 e. The summed E-state index contributed by atoms with van der Waals surface area (Å²) in [6.45, 7) is 3.44. The van der Waals surface area contributed by atoms with Crippen molar-refractivity contribution in [2.45, 2.75) is 31.8 Å². The average Bonchev–Trinajstić information content (AvgIpc) is 2.38. The first-order valence-corrected chi connectivity index (χ1v) is 6.91. The SMILES string of the molecule is Cc1ccc(C(=O)C2CC3COCC(C2)N3C)cn1. The van der Waals surface area contributed by atoms with Crippen molar-refractivity contribution in [3.8, 4) is 0 Å². The Balaban J connectivity index is 1.76. The van der Waals surface area contributed by atoms with Gasteiger partial charge in [0.15, 0.2) is 5.78 Å². The van der Waals surface area contributed by atoms with Crippen molar-refractivity contribution in [2.24, 2.45) is 5.92 Å². The van der Waals surface area contributed by atoms with Gasteiger partial charge in [-0.15, -0.1) is 0 Å². The maximum absolute atomic E-state index is 12.5. The molecule has 0 aromatic carbocycles. The van der Waals surface area contributed by atoms with Crippen LogP contribution in [0.15, 0.2) is 18.3 Å². The Kier molecular flexibility index (Phi) is 3.37. The van der Waals surface area contributed by atoms with Gasteiger partial charge in [-0.25, -0.2) is 0 Å². The summed E-state index contributed by atoms with van der Waals surface area (Å²) in [6.07, 6.45) is 3.52. The number of hydrogen-bond donors (Lipinski definition) is 0. The van der Waals surface area contributed by atoms with E-state index in [-0.39, 0.29) is 11.7 Å². The van der Waals surface area contributed by atoms with Gasteiger partial charge in [-0.05, 0) is 38.9 Å². The molecule has 2 unspecified atom stereocenters. The van der Waals surface area contributed by atoms with Crippen molar-refractivity contribution in [1.29, 1.82) is 0 Å². The number of pyridine rings is 1. The molecule has 102 valence electrons. The number of hydrogen-bond acceptors (Lipinski definition) is 4. The van der Waals surface area contributed by atoms with Crippen LogP contribution in [0.3, 0.4) is 0 Å². The number of carbonyl (C=O) groups excluding carboxylic acids is 1. The van der Waals surface area contributed by atoms with Gasteiger partial charge in [0.25, 0.3) is 0 Å². The molecule has 4 heteroatoms. The van der Waals surface area contributed by atoms with E-state index < -0.39 is 0 Å². The molecule has 0 spiro atoms. The highest BCUT2D eigenvalue weighted by molar-refractivity contribution is 5.97. The van der Waals surface area contributed by atoms with Crippen molar-refractivity contribution in [3.63, 3.8) is 0 Å². The summed E-state index contributed by atoms with van der Waals surface area (Å²) in [5.41, 5.74) is 1.70. The van der Waals surface area contributed by atoms with Gasteiger partial charge >= 0.3 is 0 Å². The van der Waals surface area contributed by atoms with Crippen LogP contribution in [-0.4, -0.2) is 48.0 Å². The second kappa shape index (κ2) is 5.02. The fraction of sp³-hybridized carbons (Fsp3) is 0.600. The molecule has 4 nitrogen and oxygen atoms in total. The highest BCUT2D eigenvalue weighted by Crippen LogP contribution is 2.32. The van der Waals surface area contributed by atoms with Crippen LogP contribution in [0.4, 0.5) is 0 Å². The van der Waals surface area contributed by atoms with E-state index in [1.54, 1.807) is 6.20 Å². The molecule has 2 aliphatic rings. The van der Waals surface area contributed by atoms with Crippen LogP contribution in [0, 0.1) is 12.8 Å². The Morgan fingerprint density at radius 2 is 2.00 bits per heavy atom. The first-order valence-electron chi connectivity index (χ1n) is 6.91. The first kappa shape index (κ1) is 12.8. The molecule has 2 aliphatic heterocycles. The molecule has 0 N–H and O–H groups in total. The summed E-state index contributed by atoms with van der Waals surface area (Å²) in [4.78, 5) is 19.2. The lowest BCUT2D eigenvalue weighted by Crippen LogP contribution is -2.55. The molecule has 2 fully saturated rings. The van der Waals surface area contributed by atoms with Crippen molar-refractivity contribution in [3.05, 3.63) is 29.6 Å². The monoisotopic (exact) mass is 260 g/mol. The molecule has 0 aliphatic carbocycles. The number of ether oxygens (including phenoxy) is 1. The number of fused-ring (bicyclic) bond motifs is 2. The molecule has 2 bridgehead atoms. The molecule has 2 atom stereocenters. The molecule has 1 aromatic rings. The van der Waals surface area contributed by atoms with Crippen LogP contribution < -0.4 is 0 Å². The Morgan fingerprint density at radius 3 is 2.58 bits per heavy atom. The Labute approximate surface area is 113 Å². The lowest BCUT2D eigenvalue weighted by Gasteiger charge is -2.46. The minimum absolute atomic E-state index is 0.125. The van der Waals surface area contributed by atoms with Crippen molar-refractivity contribution in [1.82, 2.24) is 9.88 Å². The summed E-state index contributed by atoms with van der Waals surface area (Å²) in [6, 6.07) is 4.58. The van der Waals surface area contributed by atoms with Gasteiger partial charge in [0.2, 0.25) is 0 Å². The zero-order valence-corrected chi connectivity index (χ0v) is 11.5. The quantitative estimate of drug-likeness (QED) is 0.759. The van der Waals surface area contributed by atoms with E-state index in [1.165, 1.54) is 0 Å². The summed E-state index contributed by atoms with van der Waals surface area (Å²) in [7, 11) is 2.14. The molecule has 0 radical (unpaired) electrons. The number of rotatable bonds is 2. The number of aryl methyl sites for hydroxylation is 1. The molecule has 0 saturated carbocycles. The van der Waals surface area contributed by atoms with Gasteiger partial charge < -0.3 is 4.74 Å². The van der Waals surface area contributed by atoms with E-state index in [4.69, 9.17) is 4.74 Å². The van der Waals surface area contributed by atoms with E-state index in [0.717, 1.165) is 37.3 Å². The van der Waals surface area contributed by atoms with Crippen LogP contribution in [0.5, 0.6) is 0 Å². The topological polar surface area (TPSA) is 42.4 Å². The number of ketones is 1. The smallest absolute Gasteiger partial charge is 0.167 e. The largest absolute Gasteiger partial charge is 0.378 e. The molecule has 19 heavy (non-hydrogen) atoms. The van der Waals surface area contributed by atoms with Gasteiger partial charge in [-0.1, -0.05) is 0 Å². The number of morpholine rings is 1. The summed E-state index contributed by atoms with van der Waals surface area (Å²) >= 11 is 0. The zero-order chi connectivity index (χ0) is 13.4. The van der Waals surface area contributed by atoms with Crippen LogP contribution in [0.1, 0.15) is 28.9 Å². The summed E-state index contributed by atoms with van der Waals surface area (Å²) in [5.74, 6) is 0.372. The van der Waals surface area contributed by atoms with E-state index >= 15 is 0 Å². The number of nitrogens with zero attached hydrogens (tertiary/aromatic N) is 2. The van der Waals surface area contributed by atoms with E-state index in [1.807, 2.05) is 19.1 Å². The van der Waals surface area contributed by atoms with Crippen molar-refractivity contribution >= 4 is 5.78 Å². The van der Waals surface area contributed by atoms with Gasteiger partial charge in [0.1, 0.15) is 0 Å². The fourth-order valence-electron chi connectivity index (χ4n) is 3.16. The third kappa shape index (κ3) is 2.42. The Hall–Kier alpha value is -1.26. The van der Waals surface area contributed by atoms with Gasteiger partial charge in [0, 0.05) is 35.5 Å². The van der Waals surface area contributed by atoms with Crippen LogP contribution in [0.25, 0.3) is 0 Å². The Bertz CT molecular complexity index is 458. The van der Waals surface area contributed by atoms with Crippen LogP contribution in [0.2, 0.25) is 0 Å². The molecule has 0 amide bonds. The molecule has 2 saturated heterocycles. The molecular weight excluding hydrogens is 240 g/mol. The number of likely N-dealkylation sites (N-methyl/N-ethyl adjacent to an activating group) is 1. The van der Waals surface area contributed by atoms with Crippen LogP contribution in [-0.2, 0) is 4.74 Å². The van der Waals surface area contributed by atoms with E-state index in [2.05, 4.69) is 16.9 Å². The van der Waals surface area contributed by atoms with Crippen LogP contribution >= 0.6 is 0 Å². The molecule has 1 aromatic heterocycles. The number of piperidine rings is 1.